The lowest BCUT2D eigenvalue weighted by atomic mass is 9.78. The van der Waals surface area contributed by atoms with Gasteiger partial charge < -0.3 is 0 Å². The fourth-order valence-electron chi connectivity index (χ4n) is 2.94. The fourth-order valence-corrected chi connectivity index (χ4v) is 4.78. The number of thiazole rings is 1. The first kappa shape index (κ1) is 18.7. The molecule has 1 amide bonds. The molecule has 1 aliphatic rings. The van der Waals surface area contributed by atoms with Gasteiger partial charge in [-0.2, -0.15) is 0 Å². The standard InChI is InChI=1S/C18H20N2O4S2/c1-4-26(23,24)12-7-5-6-11(8-12)16(22)20-17-19-13-9-18(2,3)10-14(21)15(13)25-17/h5-8H,4,9-10H2,1-3H3,(H,19,20,22). The van der Waals surface area contributed by atoms with Crippen molar-refractivity contribution in [3.8, 4) is 0 Å². The van der Waals surface area contributed by atoms with E-state index in [2.05, 4.69) is 10.3 Å². The van der Waals surface area contributed by atoms with Gasteiger partial charge in [0.2, 0.25) is 0 Å². The lowest BCUT2D eigenvalue weighted by Gasteiger charge is -2.26. The lowest BCUT2D eigenvalue weighted by molar-refractivity contribution is 0.0915. The Labute approximate surface area is 156 Å². The Morgan fingerprint density at radius 2 is 2.04 bits per heavy atom. The largest absolute Gasteiger partial charge is 0.298 e. The van der Waals surface area contributed by atoms with Gasteiger partial charge in [-0.25, -0.2) is 13.4 Å². The summed E-state index contributed by atoms with van der Waals surface area (Å²) in [5.41, 5.74) is 0.815. The van der Waals surface area contributed by atoms with Crippen LogP contribution in [0.25, 0.3) is 0 Å². The molecule has 0 radical (unpaired) electrons. The van der Waals surface area contributed by atoms with E-state index >= 15 is 0 Å². The molecule has 0 saturated carbocycles. The number of carbonyl (C=O) groups is 2. The molecule has 1 N–H and O–H groups in total. The second kappa shape index (κ2) is 6.59. The SMILES string of the molecule is CCS(=O)(=O)c1cccc(C(=O)Nc2nc3c(s2)C(=O)CC(C)(C)C3)c1. The molecule has 3 rings (SSSR count). The Morgan fingerprint density at radius 1 is 1.31 bits per heavy atom. The maximum absolute atomic E-state index is 12.5. The van der Waals surface area contributed by atoms with Crippen LogP contribution in [0, 0.1) is 5.41 Å². The summed E-state index contributed by atoms with van der Waals surface area (Å²) in [6, 6.07) is 5.91. The first-order valence-electron chi connectivity index (χ1n) is 8.28. The molecule has 0 unspecified atom stereocenters. The van der Waals surface area contributed by atoms with Gasteiger partial charge >= 0.3 is 0 Å². The normalized spacial score (nSPS) is 16.2. The van der Waals surface area contributed by atoms with Crippen LogP contribution in [-0.4, -0.2) is 30.8 Å². The quantitative estimate of drug-likeness (QED) is 0.861. The number of nitrogens with one attached hydrogen (secondary N) is 1. The van der Waals surface area contributed by atoms with E-state index in [0.29, 0.717) is 28.5 Å². The number of nitrogens with zero attached hydrogens (tertiary/aromatic N) is 1. The van der Waals surface area contributed by atoms with E-state index in [-0.39, 0.29) is 27.4 Å². The summed E-state index contributed by atoms with van der Waals surface area (Å²) < 4.78 is 24.0. The summed E-state index contributed by atoms with van der Waals surface area (Å²) in [7, 11) is -3.39. The third kappa shape index (κ3) is 3.71. The molecule has 8 heteroatoms. The number of ketones is 1. The number of aromatic nitrogens is 1. The molecule has 0 aliphatic heterocycles. The van der Waals surface area contributed by atoms with Crippen LogP contribution in [0.5, 0.6) is 0 Å². The Bertz CT molecular complexity index is 990. The molecule has 0 atom stereocenters. The predicted molar refractivity (Wildman–Crippen MR) is 101 cm³/mol. The molecule has 1 aliphatic carbocycles. The predicted octanol–water partition coefficient (Wildman–Crippen LogP) is 3.34. The number of hydrogen-bond acceptors (Lipinski definition) is 6. The molecule has 0 saturated heterocycles. The van der Waals surface area contributed by atoms with E-state index in [4.69, 9.17) is 0 Å². The molecule has 0 spiro atoms. The van der Waals surface area contributed by atoms with Gasteiger partial charge in [-0.05, 0) is 30.0 Å². The van der Waals surface area contributed by atoms with Gasteiger partial charge in [0.25, 0.3) is 5.91 Å². The van der Waals surface area contributed by atoms with Crippen molar-refractivity contribution >= 4 is 38.0 Å². The summed E-state index contributed by atoms with van der Waals surface area (Å²) in [6.45, 7) is 5.59. The number of Topliss-reactive ketones (excluding diaryl/α,β-unsaturated/α-hetero) is 1. The van der Waals surface area contributed by atoms with Crippen LogP contribution in [0.4, 0.5) is 5.13 Å². The highest BCUT2D eigenvalue weighted by molar-refractivity contribution is 7.91. The molecule has 1 aromatic carbocycles. The van der Waals surface area contributed by atoms with Crippen molar-refractivity contribution in [2.24, 2.45) is 5.41 Å². The highest BCUT2D eigenvalue weighted by Crippen LogP contribution is 2.38. The van der Waals surface area contributed by atoms with Crippen LogP contribution in [-0.2, 0) is 16.3 Å². The van der Waals surface area contributed by atoms with Crippen LogP contribution in [0.3, 0.4) is 0 Å². The molecule has 0 bridgehead atoms. The maximum Gasteiger partial charge on any atom is 0.257 e. The monoisotopic (exact) mass is 392 g/mol. The molecule has 26 heavy (non-hydrogen) atoms. The van der Waals surface area contributed by atoms with Crippen LogP contribution >= 0.6 is 11.3 Å². The number of rotatable bonds is 4. The van der Waals surface area contributed by atoms with Crippen LogP contribution < -0.4 is 5.32 Å². The number of sulfone groups is 1. The third-order valence-electron chi connectivity index (χ3n) is 4.29. The summed E-state index contributed by atoms with van der Waals surface area (Å²) in [6.07, 6.45) is 1.15. The zero-order chi connectivity index (χ0) is 19.1. The maximum atomic E-state index is 12.5. The van der Waals surface area contributed by atoms with Crippen molar-refractivity contribution in [1.82, 2.24) is 4.98 Å². The Hall–Kier alpha value is -2.06. The number of anilines is 1. The second-order valence-corrected chi connectivity index (χ2v) is 10.4. The number of carbonyl (C=O) groups excluding carboxylic acids is 2. The first-order valence-corrected chi connectivity index (χ1v) is 10.8. The van der Waals surface area contributed by atoms with Gasteiger partial charge in [0.1, 0.15) is 0 Å². The van der Waals surface area contributed by atoms with Crippen LogP contribution in [0.1, 0.15) is 52.9 Å². The highest BCUT2D eigenvalue weighted by Gasteiger charge is 2.34. The lowest BCUT2D eigenvalue weighted by Crippen LogP contribution is -2.26. The van der Waals surface area contributed by atoms with Crippen molar-refractivity contribution in [2.75, 3.05) is 11.1 Å². The molecule has 0 fully saturated rings. The molecule has 1 aromatic heterocycles. The smallest absolute Gasteiger partial charge is 0.257 e. The summed E-state index contributed by atoms with van der Waals surface area (Å²) >= 11 is 1.17. The van der Waals surface area contributed by atoms with Crippen molar-refractivity contribution in [1.29, 1.82) is 0 Å². The first-order chi connectivity index (χ1) is 12.1. The molecule has 1 heterocycles. The summed E-state index contributed by atoms with van der Waals surface area (Å²) in [5, 5.41) is 3.04. The summed E-state index contributed by atoms with van der Waals surface area (Å²) in [4.78, 5) is 29.8. The minimum atomic E-state index is -3.39. The van der Waals surface area contributed by atoms with Gasteiger partial charge in [-0.3, -0.25) is 14.9 Å². The van der Waals surface area contributed by atoms with E-state index in [1.54, 1.807) is 13.0 Å². The Morgan fingerprint density at radius 3 is 2.73 bits per heavy atom. The topological polar surface area (TPSA) is 93.2 Å². The number of amides is 1. The third-order valence-corrected chi connectivity index (χ3v) is 7.08. The average molecular weight is 393 g/mol. The molecule has 6 nitrogen and oxygen atoms in total. The van der Waals surface area contributed by atoms with Gasteiger partial charge in [0, 0.05) is 12.0 Å². The second-order valence-electron chi connectivity index (χ2n) is 7.12. The molecule has 138 valence electrons. The van der Waals surface area contributed by atoms with Crippen molar-refractivity contribution in [2.45, 2.75) is 38.5 Å². The fraction of sp³-hybridized carbons (Fsp3) is 0.389. The Balaban J connectivity index is 1.84. The van der Waals surface area contributed by atoms with E-state index in [0.717, 1.165) is 0 Å². The molecular weight excluding hydrogens is 372 g/mol. The van der Waals surface area contributed by atoms with Crippen LogP contribution in [0.2, 0.25) is 0 Å². The van der Waals surface area contributed by atoms with Crippen molar-refractivity contribution < 1.29 is 18.0 Å². The van der Waals surface area contributed by atoms with Crippen molar-refractivity contribution in [3.63, 3.8) is 0 Å². The number of benzene rings is 1. The van der Waals surface area contributed by atoms with Gasteiger partial charge in [-0.15, -0.1) is 0 Å². The summed E-state index contributed by atoms with van der Waals surface area (Å²) in [5.74, 6) is -0.434. The van der Waals surface area contributed by atoms with E-state index in [9.17, 15) is 18.0 Å². The van der Waals surface area contributed by atoms with Gasteiger partial charge in [0.05, 0.1) is 21.2 Å². The zero-order valence-electron chi connectivity index (χ0n) is 14.8. The Kier molecular flexibility index (Phi) is 4.74. The highest BCUT2D eigenvalue weighted by atomic mass is 32.2. The average Bonchev–Trinajstić information content (AvgIpc) is 2.96. The number of fused-ring (bicyclic) bond motifs is 1. The van der Waals surface area contributed by atoms with E-state index in [1.807, 2.05) is 13.8 Å². The number of hydrogen-bond donors (Lipinski definition) is 1. The minimum Gasteiger partial charge on any atom is -0.298 e. The molecular formula is C18H20N2O4S2. The van der Waals surface area contributed by atoms with E-state index in [1.165, 1.54) is 29.5 Å². The molecule has 2 aromatic rings. The van der Waals surface area contributed by atoms with E-state index < -0.39 is 15.7 Å². The zero-order valence-corrected chi connectivity index (χ0v) is 16.5. The van der Waals surface area contributed by atoms with Crippen LogP contribution in [0.15, 0.2) is 29.2 Å². The van der Waals surface area contributed by atoms with Gasteiger partial charge in [0.15, 0.2) is 20.8 Å². The van der Waals surface area contributed by atoms with Crippen molar-refractivity contribution in [3.05, 3.63) is 40.4 Å². The minimum absolute atomic E-state index is 0.0326. The van der Waals surface area contributed by atoms with Gasteiger partial charge in [-0.1, -0.05) is 38.2 Å².